The van der Waals surface area contributed by atoms with Gasteiger partial charge in [0, 0.05) is 36.8 Å². The number of hydrogen-bond acceptors (Lipinski definition) is 4. The Hall–Kier alpha value is -1.82. The number of benzene rings is 2. The van der Waals surface area contributed by atoms with E-state index in [0.717, 1.165) is 50.0 Å². The molecule has 0 spiro atoms. The molecule has 132 valence electrons. The third-order valence-electron chi connectivity index (χ3n) is 4.16. The highest BCUT2D eigenvalue weighted by Gasteiger charge is 2.18. The van der Waals surface area contributed by atoms with Crippen LogP contribution in [0.25, 0.3) is 0 Å². The molecule has 1 amide bonds. The van der Waals surface area contributed by atoms with Crippen LogP contribution in [0.5, 0.6) is 0 Å². The quantitative estimate of drug-likeness (QED) is 0.712. The summed E-state index contributed by atoms with van der Waals surface area (Å²) >= 11 is 1.70. The summed E-state index contributed by atoms with van der Waals surface area (Å²) in [4.78, 5) is 17.1. The smallest absolute Gasteiger partial charge is 0.241 e. The molecule has 0 bridgehead atoms. The molecule has 0 unspecified atom stereocenters. The van der Waals surface area contributed by atoms with E-state index in [4.69, 9.17) is 4.74 Å². The molecule has 5 heteroatoms. The number of anilines is 2. The number of nitrogens with zero attached hydrogens (tertiary/aromatic N) is 2. The zero-order valence-electron chi connectivity index (χ0n) is 14.3. The summed E-state index contributed by atoms with van der Waals surface area (Å²) in [5, 5.41) is 0. The molecule has 2 aromatic carbocycles. The Balaban J connectivity index is 1.58. The highest BCUT2D eigenvalue weighted by atomic mass is 32.2. The minimum Gasteiger partial charge on any atom is -0.379 e. The van der Waals surface area contributed by atoms with Crippen molar-refractivity contribution in [3.63, 3.8) is 0 Å². The van der Waals surface area contributed by atoms with Gasteiger partial charge in [-0.2, -0.15) is 11.8 Å². The van der Waals surface area contributed by atoms with Gasteiger partial charge in [0.25, 0.3) is 0 Å². The molecular weight excluding hydrogens is 332 g/mol. The van der Waals surface area contributed by atoms with Crippen LogP contribution in [0, 0.1) is 0 Å². The molecule has 3 rings (SSSR count). The molecule has 1 aliphatic rings. The molecule has 0 N–H and O–H groups in total. The first-order valence-electron chi connectivity index (χ1n) is 8.65. The van der Waals surface area contributed by atoms with E-state index in [-0.39, 0.29) is 5.91 Å². The lowest BCUT2D eigenvalue weighted by molar-refractivity contribution is -0.115. The Kier molecular flexibility index (Phi) is 6.91. The van der Waals surface area contributed by atoms with Crippen LogP contribution in [0.15, 0.2) is 60.7 Å². The Bertz CT molecular complexity index is 606. The molecule has 2 aromatic rings. The molecule has 1 saturated heterocycles. The van der Waals surface area contributed by atoms with E-state index < -0.39 is 0 Å². The number of carbonyl (C=O) groups is 1. The summed E-state index contributed by atoms with van der Waals surface area (Å²) in [5.41, 5.74) is 1.82. The molecule has 0 aromatic heterocycles. The second-order valence-corrected chi connectivity index (χ2v) is 7.01. The average molecular weight is 356 g/mol. The first-order valence-corrected chi connectivity index (χ1v) is 9.81. The maximum Gasteiger partial charge on any atom is 0.241 e. The summed E-state index contributed by atoms with van der Waals surface area (Å²) in [6, 6.07) is 19.7. The Morgan fingerprint density at radius 3 is 2.08 bits per heavy atom. The summed E-state index contributed by atoms with van der Waals surface area (Å²) in [7, 11) is 0. The van der Waals surface area contributed by atoms with Crippen LogP contribution in [0.3, 0.4) is 0 Å². The van der Waals surface area contributed by atoms with Gasteiger partial charge in [-0.25, -0.2) is 0 Å². The van der Waals surface area contributed by atoms with Crippen molar-refractivity contribution in [2.24, 2.45) is 0 Å². The predicted octanol–water partition coefficient (Wildman–Crippen LogP) is 3.42. The van der Waals surface area contributed by atoms with Crippen molar-refractivity contribution in [1.29, 1.82) is 0 Å². The number of carbonyl (C=O) groups excluding carboxylic acids is 1. The highest BCUT2D eigenvalue weighted by molar-refractivity contribution is 7.99. The van der Waals surface area contributed by atoms with Crippen molar-refractivity contribution in [2.45, 2.75) is 0 Å². The Morgan fingerprint density at radius 1 is 0.960 bits per heavy atom. The number of thioether (sulfide) groups is 1. The molecule has 0 saturated carbocycles. The van der Waals surface area contributed by atoms with Crippen LogP contribution >= 0.6 is 11.8 Å². The molecule has 4 nitrogen and oxygen atoms in total. The molecule has 1 aliphatic heterocycles. The van der Waals surface area contributed by atoms with Crippen LogP contribution in [-0.2, 0) is 9.53 Å². The van der Waals surface area contributed by atoms with E-state index in [1.807, 2.05) is 65.6 Å². The van der Waals surface area contributed by atoms with Crippen molar-refractivity contribution in [3.8, 4) is 0 Å². The zero-order valence-corrected chi connectivity index (χ0v) is 15.2. The Labute approximate surface area is 153 Å². The predicted molar refractivity (Wildman–Crippen MR) is 105 cm³/mol. The van der Waals surface area contributed by atoms with Crippen molar-refractivity contribution in [1.82, 2.24) is 4.90 Å². The van der Waals surface area contributed by atoms with Gasteiger partial charge in [0.05, 0.1) is 19.0 Å². The van der Waals surface area contributed by atoms with Gasteiger partial charge in [-0.1, -0.05) is 36.4 Å². The SMILES string of the molecule is O=C(CSCCN1CCOCC1)N(c1ccccc1)c1ccccc1. The molecule has 1 fully saturated rings. The number of ether oxygens (including phenoxy) is 1. The zero-order chi connectivity index (χ0) is 17.3. The van der Waals surface area contributed by atoms with Crippen LogP contribution in [0.1, 0.15) is 0 Å². The van der Waals surface area contributed by atoms with Crippen molar-refractivity contribution >= 4 is 29.0 Å². The van der Waals surface area contributed by atoms with Gasteiger partial charge in [0.1, 0.15) is 0 Å². The third-order valence-corrected chi connectivity index (χ3v) is 5.08. The molecule has 0 radical (unpaired) electrons. The lowest BCUT2D eigenvalue weighted by Crippen LogP contribution is -2.37. The number of hydrogen-bond donors (Lipinski definition) is 0. The summed E-state index contributed by atoms with van der Waals surface area (Å²) < 4.78 is 5.36. The van der Waals surface area contributed by atoms with E-state index in [2.05, 4.69) is 4.90 Å². The standard InChI is InChI=1S/C20H24N2O2S/c23-20(17-25-16-13-21-11-14-24-15-12-21)22(18-7-3-1-4-8-18)19-9-5-2-6-10-19/h1-10H,11-17H2. The number of amides is 1. The van der Waals surface area contributed by atoms with Gasteiger partial charge >= 0.3 is 0 Å². The van der Waals surface area contributed by atoms with Gasteiger partial charge in [0.2, 0.25) is 5.91 Å². The maximum absolute atomic E-state index is 12.9. The van der Waals surface area contributed by atoms with E-state index in [0.29, 0.717) is 5.75 Å². The lowest BCUT2D eigenvalue weighted by Gasteiger charge is -2.26. The monoisotopic (exact) mass is 356 g/mol. The van der Waals surface area contributed by atoms with Crippen LogP contribution < -0.4 is 4.90 Å². The third kappa shape index (κ3) is 5.33. The first-order chi connectivity index (χ1) is 12.3. The fourth-order valence-electron chi connectivity index (χ4n) is 2.83. The summed E-state index contributed by atoms with van der Waals surface area (Å²) in [6.45, 7) is 4.64. The number of para-hydroxylation sites is 2. The minimum atomic E-state index is 0.115. The van der Waals surface area contributed by atoms with E-state index >= 15 is 0 Å². The fourth-order valence-corrected chi connectivity index (χ4v) is 3.67. The Morgan fingerprint density at radius 2 is 1.52 bits per heavy atom. The fraction of sp³-hybridized carbons (Fsp3) is 0.350. The lowest BCUT2D eigenvalue weighted by atomic mass is 10.2. The minimum absolute atomic E-state index is 0.115. The topological polar surface area (TPSA) is 32.8 Å². The molecule has 25 heavy (non-hydrogen) atoms. The van der Waals surface area contributed by atoms with Gasteiger partial charge in [-0.15, -0.1) is 0 Å². The van der Waals surface area contributed by atoms with Gasteiger partial charge < -0.3 is 4.74 Å². The van der Waals surface area contributed by atoms with E-state index in [1.54, 1.807) is 11.8 Å². The molecule has 0 aliphatic carbocycles. The highest BCUT2D eigenvalue weighted by Crippen LogP contribution is 2.25. The average Bonchev–Trinajstić information content (AvgIpc) is 2.68. The second kappa shape index (κ2) is 9.61. The second-order valence-electron chi connectivity index (χ2n) is 5.91. The first kappa shape index (κ1) is 18.0. The number of morpholine rings is 1. The van der Waals surface area contributed by atoms with Crippen molar-refractivity contribution in [3.05, 3.63) is 60.7 Å². The summed E-state index contributed by atoms with van der Waals surface area (Å²) in [5.74, 6) is 1.56. The van der Waals surface area contributed by atoms with Crippen LogP contribution in [0.4, 0.5) is 11.4 Å². The van der Waals surface area contributed by atoms with Crippen LogP contribution in [0.2, 0.25) is 0 Å². The van der Waals surface area contributed by atoms with E-state index in [1.165, 1.54) is 0 Å². The van der Waals surface area contributed by atoms with Crippen molar-refractivity contribution < 1.29 is 9.53 Å². The van der Waals surface area contributed by atoms with Crippen LogP contribution in [-0.4, -0.2) is 55.2 Å². The van der Waals surface area contributed by atoms with Crippen molar-refractivity contribution in [2.75, 3.05) is 49.3 Å². The molecule has 1 heterocycles. The molecular formula is C20H24N2O2S. The molecule has 0 atom stereocenters. The summed E-state index contributed by atoms with van der Waals surface area (Å²) in [6.07, 6.45) is 0. The van der Waals surface area contributed by atoms with Gasteiger partial charge in [-0.05, 0) is 24.3 Å². The largest absolute Gasteiger partial charge is 0.379 e. The van der Waals surface area contributed by atoms with E-state index in [9.17, 15) is 4.79 Å². The van der Waals surface area contributed by atoms with Gasteiger partial charge in [0.15, 0.2) is 0 Å². The number of rotatable bonds is 7. The normalized spacial score (nSPS) is 15.0. The maximum atomic E-state index is 12.9. The van der Waals surface area contributed by atoms with Gasteiger partial charge in [-0.3, -0.25) is 14.6 Å².